The molecule has 1 amide bonds. The number of oxazole rings is 1. The van der Waals surface area contributed by atoms with Gasteiger partial charge in [0, 0.05) is 17.3 Å². The van der Waals surface area contributed by atoms with Crippen molar-refractivity contribution < 1.29 is 9.21 Å². The number of nitrogens with one attached hydrogen (secondary N) is 1. The molecular formula is C24H27N5O2. The summed E-state index contributed by atoms with van der Waals surface area (Å²) in [6, 6.07) is 8.70. The van der Waals surface area contributed by atoms with Gasteiger partial charge in [-0.1, -0.05) is 31.4 Å². The van der Waals surface area contributed by atoms with Crippen LogP contribution in [0.1, 0.15) is 73.5 Å². The minimum absolute atomic E-state index is 0.0798. The summed E-state index contributed by atoms with van der Waals surface area (Å²) >= 11 is 0. The Morgan fingerprint density at radius 2 is 1.87 bits per heavy atom. The highest BCUT2D eigenvalue weighted by Gasteiger charge is 2.34. The number of anilines is 2. The SMILES string of the molecule is CC(C)N1Cc2c(Nc3ccc(C4CCCCC4)cc3)nc(-c3cnco3)nc2C1=O. The van der Waals surface area contributed by atoms with Crippen molar-refractivity contribution >= 4 is 17.4 Å². The summed E-state index contributed by atoms with van der Waals surface area (Å²) in [6.07, 6.45) is 9.45. The largest absolute Gasteiger partial charge is 0.440 e. The first-order valence-corrected chi connectivity index (χ1v) is 11.1. The lowest BCUT2D eigenvalue weighted by Gasteiger charge is -2.22. The lowest BCUT2D eigenvalue weighted by Crippen LogP contribution is -2.31. The standard InChI is InChI=1S/C24H27N5O2/c1-15(2)29-13-19-21(24(29)30)27-23(20-12-25-14-31-20)28-22(19)26-18-10-8-17(9-11-18)16-6-4-3-5-7-16/h8-12,14-16H,3-7,13H2,1-2H3,(H,26,27,28). The molecule has 1 aliphatic carbocycles. The van der Waals surface area contributed by atoms with Crippen LogP contribution in [0, 0.1) is 0 Å². The van der Waals surface area contributed by atoms with Crippen LogP contribution in [0.4, 0.5) is 11.5 Å². The zero-order valence-electron chi connectivity index (χ0n) is 18.0. The molecule has 0 spiro atoms. The van der Waals surface area contributed by atoms with Crippen molar-refractivity contribution in [2.24, 2.45) is 0 Å². The molecule has 2 aliphatic rings. The molecule has 0 unspecified atom stereocenters. The van der Waals surface area contributed by atoms with E-state index in [0.717, 1.165) is 11.3 Å². The summed E-state index contributed by atoms with van der Waals surface area (Å²) in [5.74, 6) is 2.02. The van der Waals surface area contributed by atoms with Crippen molar-refractivity contribution in [2.45, 2.75) is 64.5 Å². The summed E-state index contributed by atoms with van der Waals surface area (Å²) in [5, 5.41) is 3.42. The van der Waals surface area contributed by atoms with Crippen molar-refractivity contribution in [3.05, 3.63) is 53.7 Å². The molecule has 2 aromatic heterocycles. The van der Waals surface area contributed by atoms with E-state index in [1.807, 2.05) is 13.8 Å². The van der Waals surface area contributed by atoms with E-state index in [4.69, 9.17) is 4.42 Å². The van der Waals surface area contributed by atoms with Crippen LogP contribution in [0.25, 0.3) is 11.6 Å². The lowest BCUT2D eigenvalue weighted by atomic mass is 9.84. The third-order valence-corrected chi connectivity index (χ3v) is 6.33. The molecule has 1 aliphatic heterocycles. The maximum Gasteiger partial charge on any atom is 0.273 e. The predicted molar refractivity (Wildman–Crippen MR) is 118 cm³/mol. The van der Waals surface area contributed by atoms with Gasteiger partial charge in [0.1, 0.15) is 11.5 Å². The Labute approximate surface area is 181 Å². The van der Waals surface area contributed by atoms with Crippen LogP contribution in [-0.2, 0) is 6.54 Å². The van der Waals surface area contributed by atoms with E-state index in [0.29, 0.717) is 35.6 Å². The lowest BCUT2D eigenvalue weighted by molar-refractivity contribution is 0.0726. The Hall–Kier alpha value is -3.22. The highest BCUT2D eigenvalue weighted by molar-refractivity contribution is 5.98. The number of amides is 1. The van der Waals surface area contributed by atoms with Crippen LogP contribution < -0.4 is 5.32 Å². The van der Waals surface area contributed by atoms with Gasteiger partial charge in [0.05, 0.1) is 12.7 Å². The first kappa shape index (κ1) is 19.7. The number of benzene rings is 1. The maximum atomic E-state index is 12.9. The number of fused-ring (bicyclic) bond motifs is 1. The van der Waals surface area contributed by atoms with E-state index >= 15 is 0 Å². The highest BCUT2D eigenvalue weighted by atomic mass is 16.3. The van der Waals surface area contributed by atoms with E-state index in [1.54, 1.807) is 11.1 Å². The quantitative estimate of drug-likeness (QED) is 0.607. The number of hydrogen-bond acceptors (Lipinski definition) is 6. The van der Waals surface area contributed by atoms with E-state index < -0.39 is 0 Å². The molecule has 0 radical (unpaired) electrons. The number of rotatable bonds is 5. The molecule has 3 heterocycles. The van der Waals surface area contributed by atoms with Gasteiger partial charge in [0.15, 0.2) is 18.0 Å². The molecule has 160 valence electrons. The topological polar surface area (TPSA) is 84.2 Å². The molecule has 1 aromatic carbocycles. The molecule has 1 fully saturated rings. The number of aromatic nitrogens is 3. The van der Waals surface area contributed by atoms with Gasteiger partial charge in [-0.25, -0.2) is 15.0 Å². The van der Waals surface area contributed by atoms with Gasteiger partial charge in [0.25, 0.3) is 5.91 Å². The average Bonchev–Trinajstić information content (AvgIpc) is 3.44. The molecular weight excluding hydrogens is 390 g/mol. The molecule has 0 saturated heterocycles. The first-order chi connectivity index (χ1) is 15.1. The van der Waals surface area contributed by atoms with Crippen molar-refractivity contribution in [3.8, 4) is 11.6 Å². The number of carbonyl (C=O) groups is 1. The van der Waals surface area contributed by atoms with Crippen LogP contribution in [0.15, 0.2) is 41.3 Å². The molecule has 31 heavy (non-hydrogen) atoms. The van der Waals surface area contributed by atoms with E-state index in [9.17, 15) is 4.79 Å². The predicted octanol–water partition coefficient (Wildman–Crippen LogP) is 5.29. The van der Waals surface area contributed by atoms with E-state index in [-0.39, 0.29) is 11.9 Å². The zero-order chi connectivity index (χ0) is 21.4. The monoisotopic (exact) mass is 417 g/mol. The summed E-state index contributed by atoms with van der Waals surface area (Å²) in [4.78, 5) is 27.9. The number of nitrogens with zero attached hydrogens (tertiary/aromatic N) is 4. The molecule has 7 heteroatoms. The second-order valence-electron chi connectivity index (χ2n) is 8.70. The first-order valence-electron chi connectivity index (χ1n) is 11.1. The third kappa shape index (κ3) is 3.80. The van der Waals surface area contributed by atoms with E-state index in [2.05, 4.69) is 44.5 Å². The van der Waals surface area contributed by atoms with E-state index in [1.165, 1.54) is 44.1 Å². The summed E-state index contributed by atoms with van der Waals surface area (Å²) in [7, 11) is 0. The molecule has 3 aromatic rings. The van der Waals surface area contributed by atoms with Gasteiger partial charge in [0.2, 0.25) is 0 Å². The molecule has 0 bridgehead atoms. The minimum atomic E-state index is -0.0798. The van der Waals surface area contributed by atoms with Gasteiger partial charge in [-0.05, 0) is 50.3 Å². The van der Waals surface area contributed by atoms with Gasteiger partial charge < -0.3 is 14.6 Å². The highest BCUT2D eigenvalue weighted by Crippen LogP contribution is 2.35. The van der Waals surface area contributed by atoms with Crippen molar-refractivity contribution in [1.29, 1.82) is 0 Å². The number of carbonyl (C=O) groups excluding carboxylic acids is 1. The van der Waals surface area contributed by atoms with Crippen LogP contribution >= 0.6 is 0 Å². The molecule has 0 atom stereocenters. The van der Waals surface area contributed by atoms with Crippen LogP contribution in [-0.4, -0.2) is 31.8 Å². The third-order valence-electron chi connectivity index (χ3n) is 6.33. The Kier molecular flexibility index (Phi) is 5.18. The summed E-state index contributed by atoms with van der Waals surface area (Å²) in [6.45, 7) is 4.50. The Balaban J connectivity index is 1.47. The smallest absolute Gasteiger partial charge is 0.273 e. The molecule has 7 nitrogen and oxygen atoms in total. The maximum absolute atomic E-state index is 12.9. The van der Waals surface area contributed by atoms with Crippen molar-refractivity contribution in [3.63, 3.8) is 0 Å². The van der Waals surface area contributed by atoms with Gasteiger partial charge >= 0.3 is 0 Å². The number of hydrogen-bond donors (Lipinski definition) is 1. The van der Waals surface area contributed by atoms with Crippen molar-refractivity contribution in [2.75, 3.05) is 5.32 Å². The fraction of sp³-hybridized carbons (Fsp3) is 0.417. The summed E-state index contributed by atoms with van der Waals surface area (Å²) < 4.78 is 5.39. The molecule has 5 rings (SSSR count). The Morgan fingerprint density at radius 3 is 2.55 bits per heavy atom. The average molecular weight is 418 g/mol. The van der Waals surface area contributed by atoms with Gasteiger partial charge in [-0.2, -0.15) is 0 Å². The Bertz CT molecular complexity index is 1070. The van der Waals surface area contributed by atoms with Crippen molar-refractivity contribution in [1.82, 2.24) is 19.9 Å². The second kappa shape index (κ2) is 8.13. The van der Waals surface area contributed by atoms with Gasteiger partial charge in [-0.3, -0.25) is 4.79 Å². The minimum Gasteiger partial charge on any atom is -0.440 e. The summed E-state index contributed by atoms with van der Waals surface area (Å²) in [5.41, 5.74) is 3.59. The molecule has 1 saturated carbocycles. The second-order valence-corrected chi connectivity index (χ2v) is 8.70. The molecule has 1 N–H and O–H groups in total. The van der Waals surface area contributed by atoms with Crippen LogP contribution in [0.2, 0.25) is 0 Å². The fourth-order valence-corrected chi connectivity index (χ4v) is 4.56. The normalized spacial score (nSPS) is 16.7. The van der Waals surface area contributed by atoms with Gasteiger partial charge in [-0.15, -0.1) is 0 Å². The van der Waals surface area contributed by atoms with Crippen LogP contribution in [0.3, 0.4) is 0 Å². The fourth-order valence-electron chi connectivity index (χ4n) is 4.56. The zero-order valence-corrected chi connectivity index (χ0v) is 18.0. The Morgan fingerprint density at radius 1 is 1.10 bits per heavy atom. The van der Waals surface area contributed by atoms with Crippen LogP contribution in [0.5, 0.6) is 0 Å².